The van der Waals surface area contributed by atoms with E-state index in [-0.39, 0.29) is 0 Å². The highest BCUT2D eigenvalue weighted by Crippen LogP contribution is 2.00. The number of rotatable bonds is 4. The fourth-order valence-corrected chi connectivity index (χ4v) is 1.11. The molecule has 0 spiro atoms. The molecule has 0 saturated heterocycles. The van der Waals surface area contributed by atoms with E-state index in [1.165, 1.54) is 19.5 Å². The van der Waals surface area contributed by atoms with Gasteiger partial charge in [0.15, 0.2) is 0 Å². The van der Waals surface area contributed by atoms with Crippen molar-refractivity contribution in [2.75, 3.05) is 13.1 Å². The van der Waals surface area contributed by atoms with Gasteiger partial charge >= 0.3 is 0 Å². The molecular weight excluding hydrogens is 110 g/mol. The first-order valence-corrected chi connectivity index (χ1v) is 4.00. The van der Waals surface area contributed by atoms with Crippen LogP contribution in [0.2, 0.25) is 0 Å². The van der Waals surface area contributed by atoms with Crippen molar-refractivity contribution in [3.8, 4) is 0 Å². The Morgan fingerprint density at radius 3 is 1.67 bits per heavy atom. The number of nitrogens with zero attached hydrogens (tertiary/aromatic N) is 1. The largest absolute Gasteiger partial charge is 0.301 e. The van der Waals surface area contributed by atoms with E-state index in [0.717, 1.165) is 6.04 Å². The molecular formula is C8H19N. The molecule has 0 fully saturated rings. The molecule has 0 rings (SSSR count). The zero-order valence-corrected chi connectivity index (χ0v) is 7.15. The van der Waals surface area contributed by atoms with Crippen molar-refractivity contribution in [2.45, 2.75) is 40.2 Å². The highest BCUT2D eigenvalue weighted by atomic mass is 15.1. The van der Waals surface area contributed by atoms with E-state index in [9.17, 15) is 0 Å². The maximum absolute atomic E-state index is 2.47. The molecule has 0 saturated carbocycles. The van der Waals surface area contributed by atoms with Gasteiger partial charge < -0.3 is 4.90 Å². The second kappa shape index (κ2) is 4.80. The smallest absolute Gasteiger partial charge is 0.00640 e. The van der Waals surface area contributed by atoms with Crippen LogP contribution in [0.4, 0.5) is 0 Å². The third-order valence-electron chi connectivity index (χ3n) is 2.03. The maximum atomic E-state index is 2.47. The molecule has 56 valence electrons. The van der Waals surface area contributed by atoms with Crippen molar-refractivity contribution in [1.29, 1.82) is 0 Å². The summed E-state index contributed by atoms with van der Waals surface area (Å²) in [5, 5.41) is 0. The molecule has 0 aliphatic heterocycles. The summed E-state index contributed by atoms with van der Waals surface area (Å²) < 4.78 is 0. The Kier molecular flexibility index (Phi) is 4.78. The van der Waals surface area contributed by atoms with E-state index in [1.54, 1.807) is 0 Å². The van der Waals surface area contributed by atoms with Gasteiger partial charge in [0.05, 0.1) is 0 Å². The van der Waals surface area contributed by atoms with Crippen LogP contribution in [-0.2, 0) is 0 Å². The molecule has 0 heterocycles. The molecule has 0 aromatic carbocycles. The Morgan fingerprint density at radius 2 is 1.56 bits per heavy atom. The Labute approximate surface area is 59.1 Å². The minimum atomic E-state index is 0.764. The van der Waals surface area contributed by atoms with Gasteiger partial charge in [0.2, 0.25) is 0 Å². The highest BCUT2D eigenvalue weighted by molar-refractivity contribution is 4.60. The third kappa shape index (κ3) is 2.85. The van der Waals surface area contributed by atoms with Gasteiger partial charge in [-0.25, -0.2) is 0 Å². The van der Waals surface area contributed by atoms with Crippen molar-refractivity contribution in [2.24, 2.45) is 0 Å². The summed E-state index contributed by atoms with van der Waals surface area (Å²) >= 11 is 0. The zero-order valence-electron chi connectivity index (χ0n) is 7.15. The van der Waals surface area contributed by atoms with E-state index >= 15 is 0 Å². The van der Waals surface area contributed by atoms with Crippen LogP contribution in [0.5, 0.6) is 0 Å². The Hall–Kier alpha value is -0.0400. The van der Waals surface area contributed by atoms with E-state index in [1.807, 2.05) is 0 Å². The van der Waals surface area contributed by atoms with E-state index in [4.69, 9.17) is 0 Å². The predicted molar refractivity (Wildman–Crippen MR) is 42.7 cm³/mol. The van der Waals surface area contributed by atoms with Crippen LogP contribution in [0.3, 0.4) is 0 Å². The van der Waals surface area contributed by atoms with Gasteiger partial charge in [0, 0.05) is 6.04 Å². The van der Waals surface area contributed by atoms with Crippen LogP contribution < -0.4 is 0 Å². The van der Waals surface area contributed by atoms with E-state index in [0.29, 0.717) is 0 Å². The number of hydrogen-bond acceptors (Lipinski definition) is 1. The van der Waals surface area contributed by atoms with Crippen LogP contribution in [0.25, 0.3) is 0 Å². The zero-order chi connectivity index (χ0) is 7.28. The van der Waals surface area contributed by atoms with Crippen LogP contribution in [-0.4, -0.2) is 24.0 Å². The lowest BCUT2D eigenvalue weighted by Crippen LogP contribution is -2.31. The van der Waals surface area contributed by atoms with Gasteiger partial charge in [0.25, 0.3) is 0 Å². The SMILES string of the molecule is CC[C@H](C)N(CC)CC. The first-order chi connectivity index (χ1) is 4.26. The summed E-state index contributed by atoms with van der Waals surface area (Å²) in [5.41, 5.74) is 0. The third-order valence-corrected chi connectivity index (χ3v) is 2.03. The van der Waals surface area contributed by atoms with Gasteiger partial charge in [-0.1, -0.05) is 20.8 Å². The summed E-state index contributed by atoms with van der Waals surface area (Å²) in [4.78, 5) is 2.47. The van der Waals surface area contributed by atoms with Crippen LogP contribution in [0.1, 0.15) is 34.1 Å². The van der Waals surface area contributed by atoms with Crippen LogP contribution in [0.15, 0.2) is 0 Å². The molecule has 0 radical (unpaired) electrons. The van der Waals surface area contributed by atoms with Crippen LogP contribution >= 0.6 is 0 Å². The first-order valence-electron chi connectivity index (χ1n) is 4.00. The maximum Gasteiger partial charge on any atom is 0.00640 e. The van der Waals surface area contributed by atoms with Gasteiger partial charge in [0.1, 0.15) is 0 Å². The van der Waals surface area contributed by atoms with E-state index in [2.05, 4.69) is 32.6 Å². The van der Waals surface area contributed by atoms with E-state index < -0.39 is 0 Å². The van der Waals surface area contributed by atoms with Crippen molar-refractivity contribution in [3.05, 3.63) is 0 Å². The second-order valence-corrected chi connectivity index (χ2v) is 2.48. The summed E-state index contributed by atoms with van der Waals surface area (Å²) in [7, 11) is 0. The predicted octanol–water partition coefficient (Wildman–Crippen LogP) is 2.13. The lowest BCUT2D eigenvalue weighted by Gasteiger charge is -2.24. The van der Waals surface area contributed by atoms with Crippen molar-refractivity contribution >= 4 is 0 Å². The summed E-state index contributed by atoms with van der Waals surface area (Å²) in [6.45, 7) is 11.3. The molecule has 0 amide bonds. The minimum Gasteiger partial charge on any atom is -0.301 e. The summed E-state index contributed by atoms with van der Waals surface area (Å²) in [6, 6.07) is 0.764. The molecule has 0 aliphatic carbocycles. The first kappa shape index (κ1) is 8.96. The summed E-state index contributed by atoms with van der Waals surface area (Å²) in [5.74, 6) is 0. The average molecular weight is 129 g/mol. The van der Waals surface area contributed by atoms with Crippen molar-refractivity contribution in [1.82, 2.24) is 4.90 Å². The molecule has 0 aromatic heterocycles. The summed E-state index contributed by atoms with van der Waals surface area (Å²) in [6.07, 6.45) is 1.27. The minimum absolute atomic E-state index is 0.764. The topological polar surface area (TPSA) is 3.24 Å². The molecule has 0 unspecified atom stereocenters. The Morgan fingerprint density at radius 1 is 1.11 bits per heavy atom. The average Bonchev–Trinajstić information content (AvgIpc) is 1.90. The Bertz CT molecular complexity index is 57.6. The van der Waals surface area contributed by atoms with Gasteiger partial charge in [-0.2, -0.15) is 0 Å². The van der Waals surface area contributed by atoms with Crippen molar-refractivity contribution in [3.63, 3.8) is 0 Å². The van der Waals surface area contributed by atoms with Gasteiger partial charge in [-0.05, 0) is 26.4 Å². The lowest BCUT2D eigenvalue weighted by molar-refractivity contribution is 0.226. The molecule has 0 aromatic rings. The quantitative estimate of drug-likeness (QED) is 0.562. The fourth-order valence-electron chi connectivity index (χ4n) is 1.11. The van der Waals surface area contributed by atoms with Gasteiger partial charge in [-0.15, -0.1) is 0 Å². The molecule has 1 nitrogen and oxygen atoms in total. The van der Waals surface area contributed by atoms with Gasteiger partial charge in [-0.3, -0.25) is 0 Å². The highest BCUT2D eigenvalue weighted by Gasteiger charge is 2.05. The fraction of sp³-hybridized carbons (Fsp3) is 1.00. The molecule has 0 N–H and O–H groups in total. The monoisotopic (exact) mass is 129 g/mol. The standard InChI is InChI=1S/C8H19N/c1-5-8(4)9(6-2)7-3/h8H,5-7H2,1-4H3/t8-/m0/s1. The lowest BCUT2D eigenvalue weighted by atomic mass is 10.2. The molecule has 9 heavy (non-hydrogen) atoms. The molecule has 0 aliphatic rings. The second-order valence-electron chi connectivity index (χ2n) is 2.48. The molecule has 0 bridgehead atoms. The Balaban J connectivity index is 3.50. The molecule has 1 atom stereocenters. The van der Waals surface area contributed by atoms with Crippen molar-refractivity contribution < 1.29 is 0 Å². The van der Waals surface area contributed by atoms with Crippen LogP contribution in [0, 0.1) is 0 Å². The normalized spacial score (nSPS) is 14.3. The molecule has 1 heteroatoms. The number of hydrogen-bond donors (Lipinski definition) is 0.